The molecule has 6 rings (SSSR count). The van der Waals surface area contributed by atoms with E-state index in [1.165, 1.54) is 30.7 Å². The molecule has 1 aromatic rings. The molecule has 1 aliphatic heterocycles. The highest BCUT2D eigenvalue weighted by Gasteiger charge is 2.69. The number of aromatic nitrogens is 2. The van der Waals surface area contributed by atoms with E-state index < -0.39 is 16.9 Å². The van der Waals surface area contributed by atoms with E-state index in [0.717, 1.165) is 49.5 Å². The zero-order valence-electron chi connectivity index (χ0n) is 25.9. The molecule has 8 heteroatoms. The second kappa shape index (κ2) is 9.81. The van der Waals surface area contributed by atoms with Crippen LogP contribution in [0.4, 0.5) is 0 Å². The number of aliphatic hydroxyl groups is 1. The highest BCUT2D eigenvalue weighted by molar-refractivity contribution is 5.34. The van der Waals surface area contributed by atoms with Crippen LogP contribution < -0.4 is 17.0 Å². The Hall–Kier alpha value is -1.90. The molecule has 4 aliphatic carbocycles. The van der Waals surface area contributed by atoms with Gasteiger partial charge < -0.3 is 20.7 Å². The molecule has 4 fully saturated rings. The summed E-state index contributed by atoms with van der Waals surface area (Å²) in [5.74, 6) is 2.01. The van der Waals surface area contributed by atoms with Crippen LogP contribution >= 0.6 is 0 Å². The molecule has 2 heterocycles. The van der Waals surface area contributed by atoms with Gasteiger partial charge in [0.2, 0.25) is 5.88 Å². The lowest BCUT2D eigenvalue weighted by atomic mass is 9.46. The number of hydrogen-bond acceptors (Lipinski definition) is 6. The molecule has 5 aliphatic rings. The number of nitrogens with zero attached hydrogens (tertiary/aromatic N) is 2. The van der Waals surface area contributed by atoms with Gasteiger partial charge in [-0.1, -0.05) is 39.3 Å². The monoisotopic (exact) mass is 569 g/mol. The van der Waals surface area contributed by atoms with E-state index in [2.05, 4.69) is 33.8 Å². The molecule has 4 N–H and O–H groups in total. The van der Waals surface area contributed by atoms with Gasteiger partial charge in [-0.2, -0.15) is 0 Å². The van der Waals surface area contributed by atoms with E-state index in [-0.39, 0.29) is 52.2 Å². The summed E-state index contributed by atoms with van der Waals surface area (Å²) < 4.78 is 9.47. The van der Waals surface area contributed by atoms with Crippen LogP contribution in [0.1, 0.15) is 91.0 Å². The first-order valence-electron chi connectivity index (χ1n) is 16.0. The van der Waals surface area contributed by atoms with Crippen molar-refractivity contribution in [3.63, 3.8) is 0 Å². The molecule has 0 unspecified atom stereocenters. The van der Waals surface area contributed by atoms with E-state index in [4.69, 9.17) is 10.5 Å². The smallest absolute Gasteiger partial charge is 0.333 e. The van der Waals surface area contributed by atoms with E-state index in [9.17, 15) is 19.8 Å². The summed E-state index contributed by atoms with van der Waals surface area (Å²) in [5.41, 5.74) is 6.02. The van der Waals surface area contributed by atoms with E-state index in [1.54, 1.807) is 0 Å². The molecular formula is C33H51N3O5. The maximum atomic E-state index is 13.7. The summed E-state index contributed by atoms with van der Waals surface area (Å²) in [7, 11) is 3.00. The van der Waals surface area contributed by atoms with Gasteiger partial charge in [0.25, 0.3) is 5.56 Å². The van der Waals surface area contributed by atoms with Crippen LogP contribution in [-0.4, -0.2) is 38.1 Å². The van der Waals surface area contributed by atoms with Crippen LogP contribution in [0.5, 0.6) is 5.88 Å². The summed E-state index contributed by atoms with van der Waals surface area (Å²) >= 11 is 0. The van der Waals surface area contributed by atoms with Gasteiger partial charge in [-0.25, -0.2) is 4.79 Å². The zero-order valence-corrected chi connectivity index (χ0v) is 25.9. The van der Waals surface area contributed by atoms with Crippen LogP contribution in [-0.2, 0) is 24.4 Å². The van der Waals surface area contributed by atoms with Gasteiger partial charge in [-0.3, -0.25) is 13.9 Å². The Bertz CT molecular complexity index is 1370. The number of rotatable bonds is 5. The van der Waals surface area contributed by atoms with Gasteiger partial charge in [-0.15, -0.1) is 0 Å². The summed E-state index contributed by atoms with van der Waals surface area (Å²) in [6.07, 6.45) is 10.8. The molecule has 0 spiro atoms. The van der Waals surface area contributed by atoms with Gasteiger partial charge in [0.1, 0.15) is 11.2 Å². The average molecular weight is 570 g/mol. The molecule has 0 amide bonds. The van der Waals surface area contributed by atoms with E-state index >= 15 is 0 Å². The molecule has 41 heavy (non-hydrogen) atoms. The van der Waals surface area contributed by atoms with Crippen LogP contribution in [0.25, 0.3) is 0 Å². The molecule has 0 bridgehead atoms. The average Bonchev–Trinajstić information content (AvgIpc) is 3.40. The summed E-state index contributed by atoms with van der Waals surface area (Å²) in [4.78, 5) is 26.4. The Morgan fingerprint density at radius 1 is 1.15 bits per heavy atom. The minimum atomic E-state index is -0.973. The number of ether oxygens (including phenoxy) is 1. The molecule has 0 aromatic carbocycles. The van der Waals surface area contributed by atoms with Crippen molar-refractivity contribution >= 4 is 0 Å². The lowest BCUT2D eigenvalue weighted by Crippen LogP contribution is -2.52. The number of aliphatic hydroxyl groups excluding tert-OH is 1. The van der Waals surface area contributed by atoms with Gasteiger partial charge in [0.15, 0.2) is 0 Å². The fraction of sp³-hybridized carbons (Fsp3) is 0.818. The highest BCUT2D eigenvalue weighted by atomic mass is 16.5. The zero-order chi connectivity index (χ0) is 29.6. The Morgan fingerprint density at radius 2 is 1.88 bits per heavy atom. The molecular weight excluding hydrogens is 518 g/mol. The van der Waals surface area contributed by atoms with Crippen molar-refractivity contribution in [3.05, 3.63) is 38.1 Å². The highest BCUT2D eigenvalue weighted by Crippen LogP contribution is 2.71. The second-order valence-corrected chi connectivity index (χ2v) is 15.1. The third-order valence-electron chi connectivity index (χ3n) is 13.3. The van der Waals surface area contributed by atoms with Gasteiger partial charge in [0.05, 0.1) is 12.2 Å². The number of aromatic hydroxyl groups is 1. The fourth-order valence-electron chi connectivity index (χ4n) is 10.8. The molecule has 1 saturated heterocycles. The Balaban J connectivity index is 1.39. The van der Waals surface area contributed by atoms with Crippen LogP contribution in [0.15, 0.2) is 21.2 Å². The van der Waals surface area contributed by atoms with Gasteiger partial charge >= 0.3 is 5.69 Å². The van der Waals surface area contributed by atoms with Crippen molar-refractivity contribution in [2.45, 2.75) is 103 Å². The number of nitrogens with two attached hydrogens (primary N) is 1. The third-order valence-corrected chi connectivity index (χ3v) is 13.3. The first kappa shape index (κ1) is 29.2. The third kappa shape index (κ3) is 3.95. The lowest BCUT2D eigenvalue weighted by molar-refractivity contribution is -0.0933. The second-order valence-electron chi connectivity index (χ2n) is 15.1. The fourth-order valence-corrected chi connectivity index (χ4v) is 10.8. The lowest BCUT2D eigenvalue weighted by Gasteiger charge is -2.58. The van der Waals surface area contributed by atoms with Crippen molar-refractivity contribution in [1.29, 1.82) is 0 Å². The number of allylic oxidation sites excluding steroid dienone is 1. The Labute approximate surface area is 244 Å². The predicted molar refractivity (Wildman–Crippen MR) is 158 cm³/mol. The van der Waals surface area contributed by atoms with E-state index in [0.29, 0.717) is 30.7 Å². The van der Waals surface area contributed by atoms with Crippen LogP contribution in [0.2, 0.25) is 0 Å². The molecule has 228 valence electrons. The topological polar surface area (TPSA) is 120 Å². The first-order valence-corrected chi connectivity index (χ1v) is 16.0. The van der Waals surface area contributed by atoms with Crippen molar-refractivity contribution in [1.82, 2.24) is 9.13 Å². The molecule has 1 aromatic heterocycles. The Morgan fingerprint density at radius 3 is 2.59 bits per heavy atom. The standard InChI is InChI=1S/C33H51N3O5/c1-18(17-34)9-14-33(27-28(38)35(5)30(40)36(6)29(27)39)19(2)26-25(41-33)16-24-22-8-7-20-15-21(37)10-12-31(20,3)23(22)11-13-32(24,26)4/h7,18-19,21-26,37-38H,8-17,34H2,1-6H3/t18-,19-,21+,22+,23-,24-,25-,26-,31-,32-,33-/m0/s1. The number of fused-ring (bicyclic) bond motifs is 7. The van der Waals surface area contributed by atoms with Crippen molar-refractivity contribution in [2.75, 3.05) is 6.54 Å². The van der Waals surface area contributed by atoms with Crippen molar-refractivity contribution < 1.29 is 14.9 Å². The summed E-state index contributed by atoms with van der Waals surface area (Å²) in [6, 6.07) is 0. The first-order chi connectivity index (χ1) is 19.3. The largest absolute Gasteiger partial charge is 0.494 e. The summed E-state index contributed by atoms with van der Waals surface area (Å²) in [5, 5.41) is 21.7. The predicted octanol–water partition coefficient (Wildman–Crippen LogP) is 3.94. The van der Waals surface area contributed by atoms with Crippen molar-refractivity contribution in [3.8, 4) is 5.88 Å². The normalized spacial score (nSPS) is 44.0. The van der Waals surface area contributed by atoms with E-state index in [1.807, 2.05) is 0 Å². The van der Waals surface area contributed by atoms with Crippen LogP contribution in [0, 0.1) is 46.3 Å². The van der Waals surface area contributed by atoms with Gasteiger partial charge in [-0.05, 0) is 111 Å². The maximum Gasteiger partial charge on any atom is 0.333 e. The number of hydrogen-bond donors (Lipinski definition) is 3. The minimum Gasteiger partial charge on any atom is -0.494 e. The van der Waals surface area contributed by atoms with Crippen molar-refractivity contribution in [2.24, 2.45) is 66.2 Å². The Kier molecular flexibility index (Phi) is 6.99. The maximum absolute atomic E-state index is 13.7. The molecule has 11 atom stereocenters. The van der Waals surface area contributed by atoms with Crippen LogP contribution in [0.3, 0.4) is 0 Å². The molecule has 8 nitrogen and oxygen atoms in total. The SMILES string of the molecule is C[C@H](CN)CC[C@]1(c2c(O)n(C)c(=O)n(C)c2=O)O[C@H]2C[C@H]3[C@@H]4CC=C5C[C@H](O)CC[C@]5(C)[C@H]4CC[C@]3(C)[C@H]2[C@@H]1C. The molecule has 3 saturated carbocycles. The quantitative estimate of drug-likeness (QED) is 0.462. The van der Waals surface area contributed by atoms with Gasteiger partial charge in [0, 0.05) is 14.1 Å². The molecule has 0 radical (unpaired) electrons. The minimum absolute atomic E-state index is 0.000339. The summed E-state index contributed by atoms with van der Waals surface area (Å²) in [6.45, 7) is 9.82.